The highest BCUT2D eigenvalue weighted by Gasteiger charge is 2.25. The van der Waals surface area contributed by atoms with Crippen LogP contribution in [-0.2, 0) is 0 Å². The standard InChI is InChI=1S/C31H39F3O/c1-3-4-19-35-26-16-18-27(29(32)20-26)23-12-7-22(8-13-23)9-14-25-15-17-28(31(34)30(25)33)24-10-5-21(2)6-11-24/h9,14-18,20-24H,3-8,10-13,19H2,1-2H3/b14-9+. The predicted molar refractivity (Wildman–Crippen MR) is 137 cm³/mol. The molecule has 2 aromatic rings. The van der Waals surface area contributed by atoms with Crippen LogP contribution in [0, 0.1) is 29.3 Å². The minimum absolute atomic E-state index is 0.131. The zero-order valence-electron chi connectivity index (χ0n) is 21.2. The Morgan fingerprint density at radius 2 is 1.49 bits per heavy atom. The van der Waals surface area contributed by atoms with E-state index in [1.54, 1.807) is 18.2 Å². The molecule has 0 spiro atoms. The summed E-state index contributed by atoms with van der Waals surface area (Å²) in [6, 6.07) is 8.76. The Morgan fingerprint density at radius 1 is 0.829 bits per heavy atom. The number of benzene rings is 2. The third-order valence-corrected chi connectivity index (χ3v) is 8.10. The number of ether oxygens (including phenoxy) is 1. The van der Waals surface area contributed by atoms with Gasteiger partial charge in [-0.25, -0.2) is 13.2 Å². The summed E-state index contributed by atoms with van der Waals surface area (Å²) in [5, 5.41) is 0. The van der Waals surface area contributed by atoms with Gasteiger partial charge in [0.2, 0.25) is 0 Å². The van der Waals surface area contributed by atoms with Crippen molar-refractivity contribution in [3.05, 3.63) is 70.5 Å². The Balaban J connectivity index is 1.33. The van der Waals surface area contributed by atoms with E-state index in [4.69, 9.17) is 4.74 Å². The van der Waals surface area contributed by atoms with Crippen molar-refractivity contribution in [1.82, 2.24) is 0 Å². The number of hydrogen-bond donors (Lipinski definition) is 0. The second-order valence-corrected chi connectivity index (χ2v) is 10.7. The van der Waals surface area contributed by atoms with Gasteiger partial charge >= 0.3 is 0 Å². The predicted octanol–water partition coefficient (Wildman–Crippen LogP) is 9.56. The molecule has 0 unspecified atom stereocenters. The zero-order valence-corrected chi connectivity index (χ0v) is 21.2. The molecule has 0 atom stereocenters. The Hall–Kier alpha value is -2.23. The molecule has 0 bridgehead atoms. The van der Waals surface area contributed by atoms with Crippen molar-refractivity contribution in [2.75, 3.05) is 6.61 Å². The van der Waals surface area contributed by atoms with E-state index >= 15 is 0 Å². The van der Waals surface area contributed by atoms with Crippen LogP contribution in [0.2, 0.25) is 0 Å². The van der Waals surface area contributed by atoms with Gasteiger partial charge in [-0.2, -0.15) is 0 Å². The van der Waals surface area contributed by atoms with E-state index in [-0.39, 0.29) is 17.7 Å². The highest BCUT2D eigenvalue weighted by molar-refractivity contribution is 5.52. The van der Waals surface area contributed by atoms with E-state index in [0.29, 0.717) is 35.3 Å². The largest absolute Gasteiger partial charge is 0.493 e. The maximum atomic E-state index is 14.8. The van der Waals surface area contributed by atoms with Gasteiger partial charge in [0.05, 0.1) is 6.61 Å². The molecule has 0 aromatic heterocycles. The smallest absolute Gasteiger partial charge is 0.166 e. The minimum Gasteiger partial charge on any atom is -0.493 e. The molecule has 2 aliphatic carbocycles. The van der Waals surface area contributed by atoms with E-state index in [2.05, 4.69) is 13.8 Å². The Labute approximate surface area is 208 Å². The molecule has 0 heterocycles. The summed E-state index contributed by atoms with van der Waals surface area (Å²) in [7, 11) is 0. The fourth-order valence-electron chi connectivity index (χ4n) is 5.72. The van der Waals surface area contributed by atoms with Gasteiger partial charge in [0, 0.05) is 11.6 Å². The van der Waals surface area contributed by atoms with Gasteiger partial charge in [-0.3, -0.25) is 0 Å². The lowest BCUT2D eigenvalue weighted by Gasteiger charge is -2.27. The Bertz CT molecular complexity index is 999. The quantitative estimate of drug-likeness (QED) is 0.339. The zero-order chi connectivity index (χ0) is 24.8. The number of unbranched alkanes of at least 4 members (excludes halogenated alkanes) is 1. The SMILES string of the molecule is CCCCOc1ccc(C2CCC(/C=C/c3ccc(C4CCC(C)CC4)c(F)c3F)CC2)c(F)c1. The van der Waals surface area contributed by atoms with Crippen LogP contribution in [0.1, 0.15) is 107 Å². The van der Waals surface area contributed by atoms with Crippen molar-refractivity contribution in [2.24, 2.45) is 11.8 Å². The van der Waals surface area contributed by atoms with Crippen molar-refractivity contribution in [2.45, 2.75) is 89.9 Å². The van der Waals surface area contributed by atoms with E-state index in [1.165, 1.54) is 6.07 Å². The summed E-state index contributed by atoms with van der Waals surface area (Å²) < 4.78 is 50.0. The second-order valence-electron chi connectivity index (χ2n) is 10.7. The molecule has 0 N–H and O–H groups in total. The van der Waals surface area contributed by atoms with Gasteiger partial charge in [-0.15, -0.1) is 0 Å². The van der Waals surface area contributed by atoms with Gasteiger partial charge in [-0.05, 0) is 85.8 Å². The molecule has 2 aromatic carbocycles. The first-order valence-electron chi connectivity index (χ1n) is 13.5. The summed E-state index contributed by atoms with van der Waals surface area (Å²) in [4.78, 5) is 0. The molecule has 2 saturated carbocycles. The summed E-state index contributed by atoms with van der Waals surface area (Å²) in [5.41, 5.74) is 1.62. The molecular formula is C31H39F3O. The highest BCUT2D eigenvalue weighted by atomic mass is 19.2. The number of halogens is 3. The van der Waals surface area contributed by atoms with Crippen LogP contribution in [-0.4, -0.2) is 6.61 Å². The average molecular weight is 485 g/mol. The first kappa shape index (κ1) is 25.9. The van der Waals surface area contributed by atoms with Crippen molar-refractivity contribution >= 4 is 6.08 Å². The lowest BCUT2D eigenvalue weighted by molar-refractivity contribution is 0.307. The molecule has 4 rings (SSSR count). The van der Waals surface area contributed by atoms with Gasteiger partial charge in [0.15, 0.2) is 11.6 Å². The number of rotatable bonds is 8. The fraction of sp³-hybridized carbons (Fsp3) is 0.548. The third-order valence-electron chi connectivity index (χ3n) is 8.10. The topological polar surface area (TPSA) is 9.23 Å². The first-order chi connectivity index (χ1) is 17.0. The summed E-state index contributed by atoms with van der Waals surface area (Å²) in [6.07, 6.45) is 13.4. The first-order valence-corrected chi connectivity index (χ1v) is 13.5. The summed E-state index contributed by atoms with van der Waals surface area (Å²) >= 11 is 0. The van der Waals surface area contributed by atoms with E-state index in [9.17, 15) is 13.2 Å². The average Bonchev–Trinajstić information content (AvgIpc) is 2.86. The second kappa shape index (κ2) is 12.1. The van der Waals surface area contributed by atoms with Crippen LogP contribution in [0.15, 0.2) is 36.4 Å². The minimum atomic E-state index is -0.727. The summed E-state index contributed by atoms with van der Waals surface area (Å²) in [5.74, 6) is 0.298. The fourth-order valence-corrected chi connectivity index (χ4v) is 5.72. The van der Waals surface area contributed by atoms with Crippen molar-refractivity contribution < 1.29 is 17.9 Å². The molecule has 35 heavy (non-hydrogen) atoms. The molecule has 190 valence electrons. The van der Waals surface area contributed by atoms with Gasteiger partial charge < -0.3 is 4.74 Å². The van der Waals surface area contributed by atoms with Crippen LogP contribution in [0.5, 0.6) is 5.75 Å². The van der Waals surface area contributed by atoms with E-state index in [0.717, 1.165) is 69.8 Å². The molecule has 2 fully saturated rings. The van der Waals surface area contributed by atoms with Crippen LogP contribution in [0.25, 0.3) is 6.08 Å². The van der Waals surface area contributed by atoms with Crippen molar-refractivity contribution in [3.63, 3.8) is 0 Å². The van der Waals surface area contributed by atoms with Gasteiger partial charge in [0.1, 0.15) is 11.6 Å². The molecule has 0 amide bonds. The third kappa shape index (κ3) is 6.51. The lowest BCUT2D eigenvalue weighted by Crippen LogP contribution is -2.13. The Morgan fingerprint density at radius 3 is 2.17 bits per heavy atom. The molecular weight excluding hydrogens is 445 g/mol. The van der Waals surface area contributed by atoms with Crippen LogP contribution in [0.4, 0.5) is 13.2 Å². The molecule has 0 saturated heterocycles. The Kier molecular flexibility index (Phi) is 8.97. The monoisotopic (exact) mass is 484 g/mol. The van der Waals surface area contributed by atoms with Gasteiger partial charge in [-0.1, -0.05) is 63.5 Å². The van der Waals surface area contributed by atoms with Crippen molar-refractivity contribution in [1.29, 1.82) is 0 Å². The summed E-state index contributed by atoms with van der Waals surface area (Å²) in [6.45, 7) is 4.94. The van der Waals surface area contributed by atoms with Gasteiger partial charge in [0.25, 0.3) is 0 Å². The van der Waals surface area contributed by atoms with Crippen LogP contribution < -0.4 is 4.74 Å². The molecule has 4 heteroatoms. The maximum Gasteiger partial charge on any atom is 0.166 e. The molecule has 0 radical (unpaired) electrons. The molecule has 2 aliphatic rings. The van der Waals surface area contributed by atoms with Crippen LogP contribution >= 0.6 is 0 Å². The highest BCUT2D eigenvalue weighted by Crippen LogP contribution is 2.39. The van der Waals surface area contributed by atoms with Crippen molar-refractivity contribution in [3.8, 4) is 5.75 Å². The van der Waals surface area contributed by atoms with Crippen LogP contribution in [0.3, 0.4) is 0 Å². The lowest BCUT2D eigenvalue weighted by atomic mass is 9.78. The maximum absolute atomic E-state index is 14.8. The number of allylic oxidation sites excluding steroid dienone is 1. The van der Waals surface area contributed by atoms with E-state index in [1.807, 2.05) is 18.2 Å². The number of hydrogen-bond acceptors (Lipinski definition) is 1. The molecule has 1 nitrogen and oxygen atoms in total. The molecule has 0 aliphatic heterocycles. The van der Waals surface area contributed by atoms with E-state index < -0.39 is 11.6 Å². The normalized spacial score (nSPS) is 25.2.